The second-order valence-electron chi connectivity index (χ2n) is 10.1. The average molecular weight is 581 g/mol. The zero-order valence-electron chi connectivity index (χ0n) is 24.9. The van der Waals surface area contributed by atoms with Gasteiger partial charge in [0, 0.05) is 24.8 Å². The van der Waals surface area contributed by atoms with Gasteiger partial charge in [0.2, 0.25) is 6.79 Å². The van der Waals surface area contributed by atoms with Crippen LogP contribution in [0.1, 0.15) is 83.6 Å². The molecule has 230 valence electrons. The molecule has 2 heterocycles. The van der Waals surface area contributed by atoms with E-state index in [2.05, 4.69) is 17.2 Å². The maximum Gasteiger partial charge on any atom is 0.334 e. The molecule has 1 aliphatic heterocycles. The number of rotatable bonds is 14. The van der Waals surface area contributed by atoms with Crippen molar-refractivity contribution < 1.29 is 47.6 Å². The Bertz CT molecular complexity index is 1020. The number of ether oxygens (including phenoxy) is 6. The maximum atomic E-state index is 13.3. The van der Waals surface area contributed by atoms with E-state index in [4.69, 9.17) is 28.4 Å². The fraction of sp³-hybridized carbons (Fsp3) is 0.690. The molecular weight excluding hydrogens is 536 g/mol. The number of unbranched alkanes of at least 4 members (excludes halogenated alkanes) is 1. The van der Waals surface area contributed by atoms with Crippen LogP contribution < -0.4 is 14.8 Å². The summed E-state index contributed by atoms with van der Waals surface area (Å²) in [7, 11) is 1.39. The number of hydrogen-bond acceptors (Lipinski definition) is 11. The van der Waals surface area contributed by atoms with Gasteiger partial charge in [-0.15, -0.1) is 0 Å². The molecule has 0 spiro atoms. The van der Waals surface area contributed by atoms with Crippen molar-refractivity contribution in [2.45, 2.75) is 91.4 Å². The van der Waals surface area contributed by atoms with E-state index in [0.717, 1.165) is 19.3 Å². The van der Waals surface area contributed by atoms with Crippen LogP contribution in [0.2, 0.25) is 0 Å². The summed E-state index contributed by atoms with van der Waals surface area (Å²) in [5.74, 6) is -2.53. The molecule has 0 radical (unpaired) electrons. The van der Waals surface area contributed by atoms with E-state index in [1.807, 2.05) is 0 Å². The Morgan fingerprint density at radius 3 is 2.61 bits per heavy atom. The van der Waals surface area contributed by atoms with Crippen molar-refractivity contribution in [3.05, 3.63) is 18.0 Å². The molecule has 1 aromatic heterocycles. The molecule has 4 unspecified atom stereocenters. The number of aromatic nitrogens is 1. The van der Waals surface area contributed by atoms with E-state index in [9.17, 15) is 19.2 Å². The predicted octanol–water partition coefficient (Wildman–Crippen LogP) is 3.59. The monoisotopic (exact) mass is 580 g/mol. The van der Waals surface area contributed by atoms with Crippen LogP contribution >= 0.6 is 0 Å². The smallest absolute Gasteiger partial charge is 0.334 e. The Hall–Kier alpha value is -3.41. The fourth-order valence-electron chi connectivity index (χ4n) is 4.43. The molecule has 1 N–H and O–H groups in total. The van der Waals surface area contributed by atoms with Crippen LogP contribution in [0, 0.1) is 11.8 Å². The SMILES string of the molecule is CCCCC1C(C)OC(=O)C(NC(=O)c2nccc(OC)c2OCOC(=O)COCC)CCCC1OC(=O)C(C)C. The summed E-state index contributed by atoms with van der Waals surface area (Å²) >= 11 is 0. The van der Waals surface area contributed by atoms with Crippen molar-refractivity contribution in [3.63, 3.8) is 0 Å². The summed E-state index contributed by atoms with van der Waals surface area (Å²) in [6.07, 6.45) is 4.31. The number of carbonyl (C=O) groups excluding carboxylic acids is 4. The summed E-state index contributed by atoms with van der Waals surface area (Å²) < 4.78 is 32.5. The van der Waals surface area contributed by atoms with Gasteiger partial charge in [-0.25, -0.2) is 14.6 Å². The molecule has 1 aliphatic rings. The van der Waals surface area contributed by atoms with Gasteiger partial charge in [-0.2, -0.15) is 0 Å². The molecule has 1 amide bonds. The van der Waals surface area contributed by atoms with Crippen molar-refractivity contribution >= 4 is 23.8 Å². The minimum absolute atomic E-state index is 0.0539. The highest BCUT2D eigenvalue weighted by Gasteiger charge is 2.36. The molecule has 0 aromatic carbocycles. The Balaban J connectivity index is 2.19. The van der Waals surface area contributed by atoms with Gasteiger partial charge in [0.15, 0.2) is 17.2 Å². The van der Waals surface area contributed by atoms with Gasteiger partial charge in [0.1, 0.15) is 24.9 Å². The second kappa shape index (κ2) is 17.4. The Labute approximate surface area is 241 Å². The molecule has 0 saturated carbocycles. The summed E-state index contributed by atoms with van der Waals surface area (Å²) in [4.78, 5) is 54.8. The third kappa shape index (κ3) is 10.5. The minimum atomic E-state index is -0.971. The van der Waals surface area contributed by atoms with Crippen LogP contribution in [0.4, 0.5) is 0 Å². The summed E-state index contributed by atoms with van der Waals surface area (Å²) in [6.45, 7) is 8.77. The number of methoxy groups -OCH3 is 1. The van der Waals surface area contributed by atoms with Crippen LogP contribution in [0.15, 0.2) is 12.3 Å². The van der Waals surface area contributed by atoms with E-state index >= 15 is 0 Å². The molecule has 41 heavy (non-hydrogen) atoms. The van der Waals surface area contributed by atoms with Crippen molar-refractivity contribution in [1.82, 2.24) is 10.3 Å². The van der Waals surface area contributed by atoms with E-state index in [1.165, 1.54) is 19.4 Å². The summed E-state index contributed by atoms with van der Waals surface area (Å²) in [5.41, 5.74) is -0.157. The minimum Gasteiger partial charge on any atom is -0.493 e. The van der Waals surface area contributed by atoms with Gasteiger partial charge in [0.05, 0.1) is 13.0 Å². The lowest BCUT2D eigenvalue weighted by Crippen LogP contribution is -2.44. The standard InChI is InChI=1S/C29H44N2O10/c1-7-9-11-20-19(5)40-29(35)21(12-10-13-22(20)41-28(34)18(3)4)31-27(33)25-26(23(36-6)14-15-30-25)39-17-38-24(32)16-37-8-2/h14-15,18-22H,7-13,16-17H2,1-6H3,(H,31,33). The van der Waals surface area contributed by atoms with Crippen LogP contribution in [0.5, 0.6) is 11.5 Å². The van der Waals surface area contributed by atoms with E-state index < -0.39 is 42.9 Å². The van der Waals surface area contributed by atoms with E-state index in [-0.39, 0.29) is 48.0 Å². The molecule has 12 heteroatoms. The first-order valence-electron chi connectivity index (χ1n) is 14.2. The Morgan fingerprint density at radius 1 is 1.20 bits per heavy atom. The quantitative estimate of drug-likeness (QED) is 0.195. The molecular formula is C29H44N2O10. The van der Waals surface area contributed by atoms with Crippen molar-refractivity contribution in [2.24, 2.45) is 11.8 Å². The van der Waals surface area contributed by atoms with Crippen molar-refractivity contribution in [1.29, 1.82) is 0 Å². The molecule has 0 bridgehead atoms. The number of carbonyl (C=O) groups is 4. The lowest BCUT2D eigenvalue weighted by Gasteiger charge is -2.31. The van der Waals surface area contributed by atoms with Gasteiger partial charge in [-0.1, -0.05) is 33.6 Å². The Kier molecular flexibility index (Phi) is 14.4. The van der Waals surface area contributed by atoms with Gasteiger partial charge in [0.25, 0.3) is 5.91 Å². The third-order valence-corrected chi connectivity index (χ3v) is 6.73. The lowest BCUT2D eigenvalue weighted by atomic mass is 9.88. The first kappa shape index (κ1) is 33.8. The van der Waals surface area contributed by atoms with Crippen molar-refractivity contribution in [3.8, 4) is 11.5 Å². The van der Waals surface area contributed by atoms with Crippen molar-refractivity contribution in [2.75, 3.05) is 27.1 Å². The number of esters is 3. The lowest BCUT2D eigenvalue weighted by molar-refractivity contribution is -0.164. The molecule has 1 aromatic rings. The largest absolute Gasteiger partial charge is 0.493 e. The highest BCUT2D eigenvalue weighted by molar-refractivity contribution is 5.98. The molecule has 12 nitrogen and oxygen atoms in total. The number of amides is 1. The molecule has 1 saturated heterocycles. The highest BCUT2D eigenvalue weighted by atomic mass is 16.7. The summed E-state index contributed by atoms with van der Waals surface area (Å²) in [6, 6.07) is 0.514. The van der Waals surface area contributed by atoms with Gasteiger partial charge < -0.3 is 33.7 Å². The summed E-state index contributed by atoms with van der Waals surface area (Å²) in [5, 5.41) is 2.70. The molecule has 1 fully saturated rings. The van der Waals surface area contributed by atoms with E-state index in [1.54, 1.807) is 27.7 Å². The van der Waals surface area contributed by atoms with E-state index in [0.29, 0.717) is 19.4 Å². The number of hydrogen-bond donors (Lipinski definition) is 1. The highest BCUT2D eigenvalue weighted by Crippen LogP contribution is 2.31. The van der Waals surface area contributed by atoms with Crippen LogP contribution in [0.25, 0.3) is 0 Å². The van der Waals surface area contributed by atoms with Gasteiger partial charge in [-0.05, 0) is 39.5 Å². The second-order valence-corrected chi connectivity index (χ2v) is 10.1. The average Bonchev–Trinajstić information content (AvgIpc) is 2.99. The molecule has 2 rings (SSSR count). The topological polar surface area (TPSA) is 149 Å². The van der Waals surface area contributed by atoms with Crippen LogP contribution in [0.3, 0.4) is 0 Å². The number of nitrogens with zero attached hydrogens (tertiary/aromatic N) is 1. The van der Waals surface area contributed by atoms with Gasteiger partial charge in [-0.3, -0.25) is 9.59 Å². The number of cyclic esters (lactones) is 1. The van der Waals surface area contributed by atoms with Crippen LogP contribution in [-0.2, 0) is 33.3 Å². The predicted molar refractivity (Wildman–Crippen MR) is 147 cm³/mol. The Morgan fingerprint density at radius 2 is 1.95 bits per heavy atom. The molecule has 0 aliphatic carbocycles. The zero-order valence-corrected chi connectivity index (χ0v) is 24.9. The number of pyridine rings is 1. The third-order valence-electron chi connectivity index (χ3n) is 6.73. The first-order chi connectivity index (χ1) is 19.6. The first-order valence-corrected chi connectivity index (χ1v) is 14.2. The zero-order chi connectivity index (χ0) is 30.4. The van der Waals surface area contributed by atoms with Gasteiger partial charge >= 0.3 is 17.9 Å². The maximum absolute atomic E-state index is 13.3. The molecule has 4 atom stereocenters. The normalized spacial score (nSPS) is 21.1. The number of nitrogens with one attached hydrogen (secondary N) is 1. The van der Waals surface area contributed by atoms with Crippen LogP contribution in [-0.4, -0.2) is 74.2 Å². The fourth-order valence-corrected chi connectivity index (χ4v) is 4.43.